The molecule has 0 aromatic heterocycles. The molecule has 8 nitrogen and oxygen atoms in total. The molecule has 0 aliphatic rings. The van der Waals surface area contributed by atoms with Gasteiger partial charge in [0.1, 0.15) is 12.1 Å². The molecule has 0 heterocycles. The van der Waals surface area contributed by atoms with Crippen LogP contribution in [0.1, 0.15) is 86.4 Å². The van der Waals surface area contributed by atoms with Crippen LogP contribution in [0.3, 0.4) is 0 Å². The zero-order valence-corrected chi connectivity index (χ0v) is 22.0. The molecule has 2 unspecified atom stereocenters. The van der Waals surface area contributed by atoms with Crippen molar-refractivity contribution in [1.82, 2.24) is 9.80 Å². The van der Waals surface area contributed by atoms with Crippen molar-refractivity contribution >= 4 is 17.8 Å². The summed E-state index contributed by atoms with van der Waals surface area (Å²) in [5, 5.41) is 27.8. The fraction of sp³-hybridized carbons (Fsp3) is 0.864. The number of rotatable bonds is 19. The Hall–Kier alpha value is -0.670. The molecule has 0 aromatic carbocycles. The van der Waals surface area contributed by atoms with Gasteiger partial charge < -0.3 is 21.6 Å². The van der Waals surface area contributed by atoms with Gasteiger partial charge in [0.25, 0.3) is 0 Å². The van der Waals surface area contributed by atoms with E-state index in [1.165, 1.54) is 62.2 Å². The maximum Gasteiger partial charge on any atom is 1.00 e. The second-order valence-corrected chi connectivity index (χ2v) is 7.95. The number of unbranched alkanes of at least 4 members (excludes halogenated alkanes) is 8. The number of carboxylic acids is 2. The monoisotopic (exact) mass is 454 g/mol. The zero-order valence-electron chi connectivity index (χ0n) is 21.0. The van der Waals surface area contributed by atoms with Crippen LogP contribution >= 0.6 is 0 Å². The summed E-state index contributed by atoms with van der Waals surface area (Å²) in [6.07, 6.45) is 10.8. The predicted molar refractivity (Wildman–Crippen MR) is 118 cm³/mol. The molecule has 0 saturated carbocycles. The molecule has 2 atom stereocenters. The summed E-state index contributed by atoms with van der Waals surface area (Å²) >= 11 is 0. The third kappa shape index (κ3) is 14.9. The van der Waals surface area contributed by atoms with Crippen LogP contribution in [0.4, 0.5) is 0 Å². The molecule has 31 heavy (non-hydrogen) atoms. The minimum Gasteiger partial charge on any atom is -1.00 e. The van der Waals surface area contributed by atoms with Crippen molar-refractivity contribution in [3.8, 4) is 0 Å². The Balaban J connectivity index is -0.00000420. The van der Waals surface area contributed by atoms with Gasteiger partial charge in [-0.05, 0) is 20.3 Å². The smallest absolute Gasteiger partial charge is 1.00 e. The molecule has 0 radical (unpaired) electrons. The first-order chi connectivity index (χ1) is 14.3. The number of aliphatic hydroxyl groups excluding tert-OH is 1. The molecular weight excluding hydrogens is 411 g/mol. The molecule has 0 bridgehead atoms. The molecule has 3 N–H and O–H groups in total. The Kier molecular flexibility index (Phi) is 20.9. The van der Waals surface area contributed by atoms with E-state index in [1.54, 1.807) is 0 Å². The second kappa shape index (κ2) is 20.0. The van der Waals surface area contributed by atoms with Gasteiger partial charge in [-0.2, -0.15) is 0 Å². The Morgan fingerprint density at radius 2 is 1.23 bits per heavy atom. The van der Waals surface area contributed by atoms with E-state index in [-0.39, 0.29) is 63.1 Å². The Bertz CT molecular complexity index is 493. The van der Waals surface area contributed by atoms with Crippen LogP contribution in [-0.2, 0) is 14.4 Å². The second-order valence-electron chi connectivity index (χ2n) is 7.95. The van der Waals surface area contributed by atoms with Crippen molar-refractivity contribution in [3.05, 3.63) is 0 Å². The van der Waals surface area contributed by atoms with Crippen molar-refractivity contribution < 1.29 is 60.7 Å². The first-order valence-corrected chi connectivity index (χ1v) is 11.4. The number of hydrogen-bond acceptors (Lipinski definition) is 5. The number of aliphatic carboxylic acids is 2. The maximum absolute atomic E-state index is 12.5. The summed E-state index contributed by atoms with van der Waals surface area (Å²) in [5.41, 5.74) is 0. The van der Waals surface area contributed by atoms with Crippen molar-refractivity contribution in [1.29, 1.82) is 0 Å². The Morgan fingerprint density at radius 3 is 1.65 bits per heavy atom. The Labute approximate surface area is 211 Å². The van der Waals surface area contributed by atoms with Crippen LogP contribution < -0.4 is 29.6 Å². The molecule has 1 amide bonds. The van der Waals surface area contributed by atoms with Crippen LogP contribution in [0, 0.1) is 0 Å². The van der Waals surface area contributed by atoms with E-state index in [2.05, 4.69) is 6.92 Å². The summed E-state index contributed by atoms with van der Waals surface area (Å²) in [5.74, 6) is -2.31. The normalized spacial score (nSPS) is 12.8. The number of aliphatic hydroxyl groups is 1. The zero-order chi connectivity index (χ0) is 22.9. The number of carbonyl (C=O) groups excluding carboxylic acids is 1. The van der Waals surface area contributed by atoms with Gasteiger partial charge in [0, 0.05) is 26.1 Å². The predicted octanol–water partition coefficient (Wildman–Crippen LogP) is 0.0929. The van der Waals surface area contributed by atoms with Crippen LogP contribution in [0.25, 0.3) is 0 Å². The maximum atomic E-state index is 12.5. The van der Waals surface area contributed by atoms with E-state index in [4.69, 9.17) is 0 Å². The van der Waals surface area contributed by atoms with Crippen LogP contribution in [0.2, 0.25) is 0 Å². The van der Waals surface area contributed by atoms with Crippen molar-refractivity contribution in [3.63, 3.8) is 0 Å². The number of amides is 1. The molecule has 0 saturated heterocycles. The van der Waals surface area contributed by atoms with E-state index >= 15 is 0 Å². The fourth-order valence-electron chi connectivity index (χ4n) is 3.47. The van der Waals surface area contributed by atoms with E-state index in [1.807, 2.05) is 0 Å². The first kappa shape index (κ1) is 32.5. The molecule has 0 aliphatic heterocycles. The molecule has 0 aliphatic carbocycles. The summed E-state index contributed by atoms with van der Waals surface area (Å²) in [6, 6.07) is -1.97. The average molecular weight is 455 g/mol. The largest absolute Gasteiger partial charge is 1.00 e. The van der Waals surface area contributed by atoms with Gasteiger partial charge in [-0.15, -0.1) is 0 Å². The SMILES string of the molecule is CCCCCCCCCCCC(=O)N(CCO)CCN(C(C)C(=O)O)C(C)C(=O)O.[H-].[Na+]. The number of nitrogens with zero attached hydrogens (tertiary/aromatic N) is 2. The summed E-state index contributed by atoms with van der Waals surface area (Å²) in [7, 11) is 0. The molecular formula is C22H43N2NaO6. The number of carbonyl (C=O) groups is 3. The van der Waals surface area contributed by atoms with E-state index in [0.29, 0.717) is 6.42 Å². The van der Waals surface area contributed by atoms with Crippen molar-refractivity contribution in [2.75, 3.05) is 26.2 Å². The van der Waals surface area contributed by atoms with Gasteiger partial charge in [-0.3, -0.25) is 19.3 Å². The van der Waals surface area contributed by atoms with Gasteiger partial charge in [0.2, 0.25) is 5.91 Å². The quantitative estimate of drug-likeness (QED) is 0.187. The van der Waals surface area contributed by atoms with Gasteiger partial charge >= 0.3 is 41.5 Å². The summed E-state index contributed by atoms with van der Waals surface area (Å²) in [4.78, 5) is 38.0. The minimum atomic E-state index is -1.11. The summed E-state index contributed by atoms with van der Waals surface area (Å²) < 4.78 is 0. The molecule has 178 valence electrons. The van der Waals surface area contributed by atoms with Crippen LogP contribution in [0.5, 0.6) is 0 Å². The molecule has 0 aromatic rings. The Morgan fingerprint density at radius 1 is 0.774 bits per heavy atom. The van der Waals surface area contributed by atoms with E-state index in [0.717, 1.165) is 19.3 Å². The molecule has 0 spiro atoms. The topological polar surface area (TPSA) is 118 Å². The molecule has 0 rings (SSSR count). The minimum absolute atomic E-state index is 0. The van der Waals surface area contributed by atoms with Crippen molar-refractivity contribution in [2.24, 2.45) is 0 Å². The van der Waals surface area contributed by atoms with Gasteiger partial charge in [-0.25, -0.2) is 0 Å². The van der Waals surface area contributed by atoms with Gasteiger partial charge in [0.05, 0.1) is 6.61 Å². The van der Waals surface area contributed by atoms with Crippen LogP contribution in [0.15, 0.2) is 0 Å². The number of carboxylic acid groups (broad SMARTS) is 2. The van der Waals surface area contributed by atoms with Gasteiger partial charge in [0.15, 0.2) is 0 Å². The van der Waals surface area contributed by atoms with Crippen LogP contribution in [-0.4, -0.2) is 81.3 Å². The summed E-state index contributed by atoms with van der Waals surface area (Å²) in [6.45, 7) is 5.34. The third-order valence-corrected chi connectivity index (χ3v) is 5.55. The fourth-order valence-corrected chi connectivity index (χ4v) is 3.47. The van der Waals surface area contributed by atoms with E-state index in [9.17, 15) is 29.7 Å². The molecule has 9 heteroatoms. The van der Waals surface area contributed by atoms with Crippen molar-refractivity contribution in [2.45, 2.75) is 97.1 Å². The van der Waals surface area contributed by atoms with Gasteiger partial charge in [-0.1, -0.05) is 58.3 Å². The first-order valence-electron chi connectivity index (χ1n) is 11.4. The standard InChI is InChI=1S/C22H42N2O6.Na.H/c1-4-5-6-7-8-9-10-11-12-13-20(26)23(16-17-25)14-15-24(18(2)21(27)28)19(3)22(29)30;;/h18-19,25H,4-17H2,1-3H3,(H,27,28)(H,29,30);;/q;+1;-1. The third-order valence-electron chi connectivity index (χ3n) is 5.55. The number of hydrogen-bond donors (Lipinski definition) is 3. The molecule has 0 fully saturated rings. The average Bonchev–Trinajstić information content (AvgIpc) is 2.71. The van der Waals surface area contributed by atoms with E-state index < -0.39 is 24.0 Å².